The number of aliphatic hydroxyl groups is 2. The molecule has 1 saturated carbocycles. The Balaban J connectivity index is 0.00000205. The molecule has 3 heterocycles. The van der Waals surface area contributed by atoms with Gasteiger partial charge in [0.2, 0.25) is 5.66 Å². The van der Waals surface area contributed by atoms with Crippen molar-refractivity contribution in [2.24, 2.45) is 11.3 Å². The van der Waals surface area contributed by atoms with Gasteiger partial charge in [0, 0.05) is 18.0 Å². The second-order valence-electron chi connectivity index (χ2n) is 9.19. The van der Waals surface area contributed by atoms with E-state index in [0.717, 1.165) is 24.3 Å². The number of hydrogen-bond donors (Lipinski definition) is 3. The number of allylic oxidation sites excluding steroid dienone is 1. The molecule has 2 saturated heterocycles. The molecule has 3 aliphatic heterocycles. The monoisotopic (exact) mass is 420 g/mol. The summed E-state index contributed by atoms with van der Waals surface area (Å²) in [7, 11) is 3.57. The van der Waals surface area contributed by atoms with E-state index in [1.54, 1.807) is 0 Å². The van der Waals surface area contributed by atoms with Crippen molar-refractivity contribution in [2.45, 2.75) is 36.9 Å². The van der Waals surface area contributed by atoms with Crippen molar-refractivity contribution in [1.29, 1.82) is 0 Å². The Morgan fingerprint density at radius 2 is 2.14 bits per heavy atom. The van der Waals surface area contributed by atoms with Gasteiger partial charge < -0.3 is 32.7 Å². The van der Waals surface area contributed by atoms with Crippen molar-refractivity contribution in [3.8, 4) is 0 Å². The third kappa shape index (κ3) is 1.84. The summed E-state index contributed by atoms with van der Waals surface area (Å²) in [5, 5.41) is 26.4. The van der Waals surface area contributed by atoms with Crippen LogP contribution in [0.2, 0.25) is 0 Å². The molecule has 1 aromatic rings. The van der Waals surface area contributed by atoms with Gasteiger partial charge in [0.1, 0.15) is 18.1 Å². The summed E-state index contributed by atoms with van der Waals surface area (Å²) in [5.74, 6) is -0.817. The van der Waals surface area contributed by atoms with Crippen LogP contribution in [-0.2, 0) is 14.9 Å². The first-order valence-corrected chi connectivity index (χ1v) is 10.1. The number of methoxy groups -OCH3 is 1. The first kappa shape index (κ1) is 20.7. The van der Waals surface area contributed by atoms with Gasteiger partial charge in [-0.05, 0) is 30.5 Å². The summed E-state index contributed by atoms with van der Waals surface area (Å²) in [6.45, 7) is 3.33. The number of halogens is 1. The summed E-state index contributed by atoms with van der Waals surface area (Å²) in [6, 6.07) is 8.03. The molecule has 0 amide bonds. The standard InChI is InChI=1S/C22H29N2O4.ClH/c1-4-14-11-16-18(26)22-21(9-10-24(22,2)12-14,20(16,13-25)19(27)28-3)15-7-5-6-8-17(15)23-22;/h4-8,16,18,23,25-26H,9-13H2,1-3H3;1H/q+1;/p-1/t16-,18+,20-,21-,22?,24?;/m0./s1. The number of carbonyl (C=O) groups excluding carboxylic acids is 1. The molecule has 0 aromatic heterocycles. The van der Waals surface area contributed by atoms with Gasteiger partial charge >= 0.3 is 5.97 Å². The molecule has 5 rings (SSSR count). The van der Waals surface area contributed by atoms with Gasteiger partial charge in [-0.1, -0.05) is 24.3 Å². The Hall–Kier alpha value is -1.60. The highest BCUT2D eigenvalue weighted by atomic mass is 35.5. The first-order valence-electron chi connectivity index (χ1n) is 10.1. The minimum absolute atomic E-state index is 0. The number of rotatable bonds is 2. The number of anilines is 1. The van der Waals surface area contributed by atoms with E-state index in [-0.39, 0.29) is 19.0 Å². The Morgan fingerprint density at radius 1 is 1.41 bits per heavy atom. The van der Waals surface area contributed by atoms with Crippen LogP contribution in [0.4, 0.5) is 5.69 Å². The molecule has 4 aliphatic rings. The highest BCUT2D eigenvalue weighted by Crippen LogP contribution is 2.75. The van der Waals surface area contributed by atoms with E-state index in [9.17, 15) is 15.0 Å². The van der Waals surface area contributed by atoms with E-state index in [0.29, 0.717) is 17.3 Å². The van der Waals surface area contributed by atoms with Crippen molar-refractivity contribution in [3.05, 3.63) is 41.5 Å². The molecule has 1 aromatic carbocycles. The number of aliphatic hydroxyl groups excluding tert-OH is 2. The normalized spacial score (nSPS) is 45.1. The number of esters is 1. The lowest BCUT2D eigenvalue weighted by Crippen LogP contribution is -3.00. The van der Waals surface area contributed by atoms with E-state index in [1.807, 2.05) is 25.1 Å². The highest BCUT2D eigenvalue weighted by Gasteiger charge is 2.90. The van der Waals surface area contributed by atoms with Crippen LogP contribution in [0.1, 0.15) is 25.3 Å². The third-order valence-corrected chi connectivity index (χ3v) is 8.64. The fourth-order valence-electron chi connectivity index (χ4n) is 7.64. The molecule has 0 radical (unpaired) electrons. The van der Waals surface area contributed by atoms with Crippen LogP contribution in [0.5, 0.6) is 0 Å². The second-order valence-corrected chi connectivity index (χ2v) is 9.19. The Morgan fingerprint density at radius 3 is 2.79 bits per heavy atom. The van der Waals surface area contributed by atoms with E-state index in [4.69, 9.17) is 4.74 Å². The van der Waals surface area contributed by atoms with Gasteiger partial charge in [0.05, 0.1) is 32.7 Å². The quantitative estimate of drug-likeness (QED) is 0.305. The minimum atomic E-state index is -1.19. The smallest absolute Gasteiger partial charge is 0.315 e. The van der Waals surface area contributed by atoms with Crippen LogP contribution < -0.4 is 17.7 Å². The maximum Gasteiger partial charge on any atom is 0.315 e. The van der Waals surface area contributed by atoms with Crippen molar-refractivity contribution in [3.63, 3.8) is 0 Å². The van der Waals surface area contributed by atoms with Crippen LogP contribution in [0.3, 0.4) is 0 Å². The van der Waals surface area contributed by atoms with Crippen LogP contribution >= 0.6 is 0 Å². The molecule has 158 valence electrons. The van der Waals surface area contributed by atoms with Gasteiger partial charge in [-0.3, -0.25) is 9.28 Å². The van der Waals surface area contributed by atoms with E-state index in [2.05, 4.69) is 24.5 Å². The molecular formula is C22H29ClN2O4. The number of ether oxygens (including phenoxy) is 1. The van der Waals surface area contributed by atoms with Crippen LogP contribution in [0, 0.1) is 11.3 Å². The Bertz CT molecular complexity index is 907. The number of nitrogens with one attached hydrogen (secondary N) is 1. The molecule has 1 spiro atoms. The maximum absolute atomic E-state index is 13.5. The lowest BCUT2D eigenvalue weighted by molar-refractivity contribution is -0.942. The summed E-state index contributed by atoms with van der Waals surface area (Å²) in [5.41, 5.74) is 0.542. The van der Waals surface area contributed by atoms with Gasteiger partial charge in [-0.15, -0.1) is 0 Å². The summed E-state index contributed by atoms with van der Waals surface area (Å²) in [6.07, 6.45) is 2.63. The van der Waals surface area contributed by atoms with Gasteiger partial charge in [0.25, 0.3) is 0 Å². The van der Waals surface area contributed by atoms with Gasteiger partial charge in [-0.2, -0.15) is 0 Å². The maximum atomic E-state index is 13.5. The van der Waals surface area contributed by atoms with Crippen molar-refractivity contribution < 1.29 is 36.6 Å². The fourth-order valence-corrected chi connectivity index (χ4v) is 7.64. The Kier molecular flexibility index (Phi) is 4.42. The number of quaternary nitrogens is 1. The van der Waals surface area contributed by atoms with Gasteiger partial charge in [0.15, 0.2) is 0 Å². The van der Waals surface area contributed by atoms with Crippen molar-refractivity contribution >= 4 is 11.7 Å². The largest absolute Gasteiger partial charge is 1.00 e. The number of para-hydroxylation sites is 1. The molecule has 3 N–H and O–H groups in total. The van der Waals surface area contributed by atoms with Crippen LogP contribution in [-0.4, -0.2) is 66.3 Å². The molecular weight excluding hydrogens is 392 g/mol. The summed E-state index contributed by atoms with van der Waals surface area (Å²) in [4.78, 5) is 13.5. The zero-order chi connectivity index (χ0) is 19.9. The first-order chi connectivity index (χ1) is 13.4. The zero-order valence-electron chi connectivity index (χ0n) is 17.1. The molecule has 6 nitrogen and oxygen atoms in total. The zero-order valence-corrected chi connectivity index (χ0v) is 17.9. The number of nitrogens with zero attached hydrogens (tertiary/aromatic N) is 1. The summed E-state index contributed by atoms with van der Waals surface area (Å²) >= 11 is 0. The number of hydrogen-bond acceptors (Lipinski definition) is 5. The number of fused-ring (bicyclic) bond motifs is 2. The minimum Gasteiger partial charge on any atom is -1.00 e. The fraction of sp³-hybridized carbons (Fsp3) is 0.591. The summed E-state index contributed by atoms with van der Waals surface area (Å²) < 4.78 is 5.94. The lowest BCUT2D eigenvalue weighted by Gasteiger charge is -2.50. The van der Waals surface area contributed by atoms with E-state index in [1.165, 1.54) is 12.7 Å². The third-order valence-electron chi connectivity index (χ3n) is 8.64. The molecule has 7 heteroatoms. The second kappa shape index (κ2) is 6.20. The molecule has 2 unspecified atom stereocenters. The van der Waals surface area contributed by atoms with E-state index >= 15 is 0 Å². The van der Waals surface area contributed by atoms with E-state index < -0.39 is 34.5 Å². The van der Waals surface area contributed by atoms with Gasteiger partial charge in [-0.25, -0.2) is 0 Å². The molecule has 3 fully saturated rings. The predicted molar refractivity (Wildman–Crippen MR) is 104 cm³/mol. The number of likely N-dealkylation sites (N-methyl/N-ethyl adjacent to an activating group) is 1. The molecule has 1 aliphatic carbocycles. The average Bonchev–Trinajstić information content (AvgIpc) is 3.20. The number of carbonyl (C=O) groups is 1. The Labute approximate surface area is 177 Å². The number of benzene rings is 1. The van der Waals surface area contributed by atoms with Crippen molar-refractivity contribution in [2.75, 3.05) is 39.2 Å². The topological polar surface area (TPSA) is 78.8 Å². The lowest BCUT2D eigenvalue weighted by atomic mass is 9.56. The molecule has 29 heavy (non-hydrogen) atoms. The average molecular weight is 421 g/mol. The van der Waals surface area contributed by atoms with Crippen LogP contribution in [0.25, 0.3) is 0 Å². The molecule has 2 bridgehead atoms. The van der Waals surface area contributed by atoms with Crippen molar-refractivity contribution in [1.82, 2.24) is 0 Å². The highest BCUT2D eigenvalue weighted by molar-refractivity contribution is 5.85. The van der Waals surface area contributed by atoms with Crippen LogP contribution in [0.15, 0.2) is 35.9 Å². The SMILES string of the molecule is CC=C1C[C@H]2[C@@H](O)C34Nc5ccccc5[C@@]3(CC[N+]4(C)C1)[C@]2(CO)C(=O)OC.[Cl-]. The predicted octanol–water partition coefficient (Wildman–Crippen LogP) is -1.61. The molecule has 6 atom stereocenters.